The van der Waals surface area contributed by atoms with Gasteiger partial charge in [0.05, 0.1) is 24.8 Å². The topological polar surface area (TPSA) is 67.5 Å². The standard InChI is InChI=1S/C19H23N3O3/c1-24-19(14-25-17-6-3-2-4-7-17)10-5-11-22(13-19)18(23)9-8-16-12-20-15-21-16/h2-4,6-9,12,15H,5,10-11,13-14H2,1H3,(H,20,21)/b9-8+. The zero-order chi connectivity index (χ0) is 17.5. The Morgan fingerprint density at radius 3 is 2.96 bits per heavy atom. The quantitative estimate of drug-likeness (QED) is 0.820. The highest BCUT2D eigenvalue weighted by Gasteiger charge is 2.37. The lowest BCUT2D eigenvalue weighted by Gasteiger charge is -2.41. The van der Waals surface area contributed by atoms with Gasteiger partial charge in [0, 0.05) is 19.7 Å². The number of nitrogens with one attached hydrogen (secondary N) is 1. The largest absolute Gasteiger partial charge is 0.491 e. The highest BCUT2D eigenvalue weighted by Crippen LogP contribution is 2.26. The van der Waals surface area contributed by atoms with Crippen LogP contribution in [0.3, 0.4) is 0 Å². The van der Waals surface area contributed by atoms with Crippen LogP contribution in [0.15, 0.2) is 48.9 Å². The molecule has 1 atom stereocenters. The second-order valence-corrected chi connectivity index (χ2v) is 6.19. The molecule has 1 saturated heterocycles. The van der Waals surface area contributed by atoms with Gasteiger partial charge in [-0.15, -0.1) is 0 Å². The number of aromatic nitrogens is 2. The van der Waals surface area contributed by atoms with E-state index in [1.165, 1.54) is 0 Å². The van der Waals surface area contributed by atoms with Crippen LogP contribution in [0.2, 0.25) is 0 Å². The summed E-state index contributed by atoms with van der Waals surface area (Å²) >= 11 is 0. The summed E-state index contributed by atoms with van der Waals surface area (Å²) in [5.41, 5.74) is 0.321. The smallest absolute Gasteiger partial charge is 0.246 e. The summed E-state index contributed by atoms with van der Waals surface area (Å²) in [6.45, 7) is 1.66. The van der Waals surface area contributed by atoms with Crippen molar-refractivity contribution in [1.29, 1.82) is 0 Å². The first-order chi connectivity index (χ1) is 12.2. The van der Waals surface area contributed by atoms with Gasteiger partial charge >= 0.3 is 0 Å². The summed E-state index contributed by atoms with van der Waals surface area (Å²) in [4.78, 5) is 21.2. The molecular formula is C19H23N3O3. The van der Waals surface area contributed by atoms with Crippen LogP contribution in [0.1, 0.15) is 18.5 Å². The van der Waals surface area contributed by atoms with Crippen molar-refractivity contribution in [2.45, 2.75) is 18.4 Å². The van der Waals surface area contributed by atoms with Crippen LogP contribution in [0, 0.1) is 0 Å². The number of methoxy groups -OCH3 is 1. The van der Waals surface area contributed by atoms with E-state index in [-0.39, 0.29) is 5.91 Å². The maximum Gasteiger partial charge on any atom is 0.246 e. The van der Waals surface area contributed by atoms with Crippen molar-refractivity contribution in [3.05, 3.63) is 54.6 Å². The average Bonchev–Trinajstić information content (AvgIpc) is 3.19. The molecule has 0 bridgehead atoms. The van der Waals surface area contributed by atoms with Gasteiger partial charge in [0.15, 0.2) is 0 Å². The van der Waals surface area contributed by atoms with Crippen molar-refractivity contribution in [2.24, 2.45) is 0 Å². The molecule has 25 heavy (non-hydrogen) atoms. The van der Waals surface area contributed by atoms with Crippen molar-refractivity contribution in [3.8, 4) is 5.75 Å². The Balaban J connectivity index is 1.62. The Bertz CT molecular complexity index is 700. The van der Waals surface area contributed by atoms with Crippen LogP contribution in [0.25, 0.3) is 6.08 Å². The van der Waals surface area contributed by atoms with E-state index in [1.807, 2.05) is 35.2 Å². The minimum atomic E-state index is -0.481. The van der Waals surface area contributed by atoms with Crippen LogP contribution in [-0.2, 0) is 9.53 Å². The normalized spacial score (nSPS) is 20.8. The van der Waals surface area contributed by atoms with E-state index in [1.54, 1.807) is 31.8 Å². The molecule has 2 aromatic rings. The molecular weight excluding hydrogens is 318 g/mol. The summed E-state index contributed by atoms with van der Waals surface area (Å²) in [6.07, 6.45) is 8.31. The molecule has 1 aliphatic rings. The number of H-pyrrole nitrogens is 1. The van der Waals surface area contributed by atoms with Gasteiger partial charge in [-0.05, 0) is 31.1 Å². The lowest BCUT2D eigenvalue weighted by molar-refractivity contribution is -0.138. The predicted octanol–water partition coefficient (Wildman–Crippen LogP) is 2.51. The Morgan fingerprint density at radius 2 is 2.24 bits per heavy atom. The van der Waals surface area contributed by atoms with E-state index in [2.05, 4.69) is 9.97 Å². The zero-order valence-corrected chi connectivity index (χ0v) is 14.4. The molecule has 1 unspecified atom stereocenters. The Labute approximate surface area is 147 Å². The fraction of sp³-hybridized carbons (Fsp3) is 0.368. The third kappa shape index (κ3) is 4.48. The van der Waals surface area contributed by atoms with Gasteiger partial charge in [0.25, 0.3) is 0 Å². The number of nitrogens with zero attached hydrogens (tertiary/aromatic N) is 2. The van der Waals surface area contributed by atoms with Crippen LogP contribution < -0.4 is 4.74 Å². The number of benzene rings is 1. The van der Waals surface area contributed by atoms with E-state index in [0.717, 1.165) is 30.8 Å². The molecule has 2 heterocycles. The molecule has 0 spiro atoms. The number of para-hydroxylation sites is 1. The van der Waals surface area contributed by atoms with E-state index in [9.17, 15) is 4.79 Å². The van der Waals surface area contributed by atoms with Crippen molar-refractivity contribution in [2.75, 3.05) is 26.8 Å². The highest BCUT2D eigenvalue weighted by molar-refractivity contribution is 5.91. The minimum Gasteiger partial charge on any atom is -0.491 e. The van der Waals surface area contributed by atoms with Crippen molar-refractivity contribution >= 4 is 12.0 Å². The summed E-state index contributed by atoms with van der Waals surface area (Å²) in [7, 11) is 1.68. The fourth-order valence-corrected chi connectivity index (χ4v) is 2.99. The van der Waals surface area contributed by atoms with Gasteiger partial charge in [0.2, 0.25) is 5.91 Å². The molecule has 1 fully saturated rings. The van der Waals surface area contributed by atoms with Crippen LogP contribution in [-0.4, -0.2) is 53.2 Å². The van der Waals surface area contributed by atoms with Crippen molar-refractivity contribution in [1.82, 2.24) is 14.9 Å². The molecule has 1 aliphatic heterocycles. The Morgan fingerprint density at radius 1 is 1.40 bits per heavy atom. The molecule has 6 nitrogen and oxygen atoms in total. The minimum absolute atomic E-state index is 0.0320. The third-order valence-electron chi connectivity index (χ3n) is 4.45. The number of aromatic amines is 1. The number of hydrogen-bond acceptors (Lipinski definition) is 4. The summed E-state index contributed by atoms with van der Waals surface area (Å²) in [5.74, 6) is 0.775. The number of likely N-dealkylation sites (tertiary alicyclic amines) is 1. The molecule has 1 aromatic carbocycles. The average molecular weight is 341 g/mol. The Kier molecular flexibility index (Phi) is 5.50. The zero-order valence-electron chi connectivity index (χ0n) is 14.4. The third-order valence-corrected chi connectivity index (χ3v) is 4.45. The van der Waals surface area contributed by atoms with E-state index in [0.29, 0.717) is 13.2 Å². The van der Waals surface area contributed by atoms with Crippen LogP contribution in [0.4, 0.5) is 0 Å². The molecule has 3 rings (SSSR count). The second kappa shape index (κ2) is 7.98. The molecule has 0 radical (unpaired) electrons. The second-order valence-electron chi connectivity index (χ2n) is 6.19. The molecule has 1 aromatic heterocycles. The number of rotatable bonds is 6. The first-order valence-corrected chi connectivity index (χ1v) is 8.39. The van der Waals surface area contributed by atoms with Gasteiger partial charge < -0.3 is 19.4 Å². The molecule has 132 valence electrons. The SMILES string of the molecule is COC1(COc2ccccc2)CCCN(C(=O)/C=C/c2cnc[nH]2)C1. The molecule has 0 aliphatic carbocycles. The first kappa shape index (κ1) is 17.2. The Hall–Kier alpha value is -2.60. The predicted molar refractivity (Wildman–Crippen MR) is 95.1 cm³/mol. The highest BCUT2D eigenvalue weighted by atomic mass is 16.5. The number of hydrogen-bond donors (Lipinski definition) is 1. The van der Waals surface area contributed by atoms with Gasteiger partial charge in [0.1, 0.15) is 18.0 Å². The molecule has 6 heteroatoms. The molecule has 1 N–H and O–H groups in total. The molecule has 0 saturated carbocycles. The van der Waals surface area contributed by atoms with Gasteiger partial charge in [-0.25, -0.2) is 4.98 Å². The van der Waals surface area contributed by atoms with Gasteiger partial charge in [-0.1, -0.05) is 18.2 Å². The van der Waals surface area contributed by atoms with Gasteiger partial charge in [-0.3, -0.25) is 4.79 Å². The van der Waals surface area contributed by atoms with Crippen LogP contribution >= 0.6 is 0 Å². The van der Waals surface area contributed by atoms with Gasteiger partial charge in [-0.2, -0.15) is 0 Å². The fourth-order valence-electron chi connectivity index (χ4n) is 2.99. The number of amides is 1. The van der Waals surface area contributed by atoms with E-state index < -0.39 is 5.60 Å². The van der Waals surface area contributed by atoms with Crippen LogP contribution in [0.5, 0.6) is 5.75 Å². The summed E-state index contributed by atoms with van der Waals surface area (Å²) in [5, 5.41) is 0. The first-order valence-electron chi connectivity index (χ1n) is 8.39. The van der Waals surface area contributed by atoms with Crippen molar-refractivity contribution in [3.63, 3.8) is 0 Å². The summed E-state index contributed by atoms with van der Waals surface area (Å²) < 4.78 is 11.7. The van der Waals surface area contributed by atoms with Crippen molar-refractivity contribution < 1.29 is 14.3 Å². The maximum absolute atomic E-state index is 12.5. The number of imidazole rings is 1. The summed E-state index contributed by atoms with van der Waals surface area (Å²) in [6, 6.07) is 9.66. The number of ether oxygens (including phenoxy) is 2. The number of carbonyl (C=O) groups is 1. The van der Waals surface area contributed by atoms with E-state index in [4.69, 9.17) is 9.47 Å². The lowest BCUT2D eigenvalue weighted by Crippen LogP contribution is -2.54. The lowest BCUT2D eigenvalue weighted by atomic mass is 9.93. The van der Waals surface area contributed by atoms with E-state index >= 15 is 0 Å². The maximum atomic E-state index is 12.5. The monoisotopic (exact) mass is 341 g/mol. The molecule has 1 amide bonds. The number of piperidine rings is 1. The number of carbonyl (C=O) groups excluding carboxylic acids is 1.